The molecule has 0 radical (unpaired) electrons. The molecule has 0 saturated heterocycles. The third-order valence-corrected chi connectivity index (χ3v) is 6.29. The van der Waals surface area contributed by atoms with Gasteiger partial charge in [-0.25, -0.2) is 13.1 Å². The summed E-state index contributed by atoms with van der Waals surface area (Å²) in [4.78, 5) is 0.0308. The van der Waals surface area contributed by atoms with Crippen LogP contribution in [0.5, 0.6) is 0 Å². The highest BCUT2D eigenvalue weighted by Gasteiger charge is 2.26. The highest BCUT2D eigenvalue weighted by molar-refractivity contribution is 7.89. The number of aromatic amines is 1. The fraction of sp³-hybridized carbons (Fsp3) is 0.571. The van der Waals surface area contributed by atoms with Gasteiger partial charge in [0.05, 0.1) is 17.9 Å². The number of hydrogen-bond donors (Lipinski definition) is 2. The van der Waals surface area contributed by atoms with Crippen LogP contribution in [-0.4, -0.2) is 28.4 Å². The number of halogens is 1. The fourth-order valence-electron chi connectivity index (χ4n) is 3.02. The van der Waals surface area contributed by atoms with Gasteiger partial charge in [0.2, 0.25) is 10.0 Å². The van der Waals surface area contributed by atoms with Crippen molar-refractivity contribution in [1.29, 1.82) is 0 Å². The zero-order valence-electron chi connectivity index (χ0n) is 13.2. The normalized spacial score (nSPS) is 15.4. The first-order valence-corrected chi connectivity index (χ1v) is 9.50. The van der Waals surface area contributed by atoms with Gasteiger partial charge in [0.15, 0.2) is 0 Å². The Balaban J connectivity index is 1.82. The molecule has 23 heavy (non-hydrogen) atoms. The molecular formula is C14H20ClN5O2S. The lowest BCUT2D eigenvalue weighted by Crippen LogP contribution is -2.24. The Morgan fingerprint density at radius 2 is 2.04 bits per heavy atom. The number of nitrogens with one attached hydrogen (secondary N) is 2. The van der Waals surface area contributed by atoms with Gasteiger partial charge in [-0.15, -0.1) is 0 Å². The summed E-state index contributed by atoms with van der Waals surface area (Å²) in [6, 6.07) is 0. The molecule has 126 valence electrons. The van der Waals surface area contributed by atoms with Crippen molar-refractivity contribution in [2.75, 3.05) is 0 Å². The zero-order chi connectivity index (χ0) is 16.6. The number of hydrogen-bond acceptors (Lipinski definition) is 4. The fourth-order valence-corrected chi connectivity index (χ4v) is 4.76. The van der Waals surface area contributed by atoms with E-state index in [1.165, 1.54) is 11.1 Å². The van der Waals surface area contributed by atoms with Crippen LogP contribution in [0, 0.1) is 6.92 Å². The third kappa shape index (κ3) is 3.15. The van der Waals surface area contributed by atoms with Crippen LogP contribution < -0.4 is 4.72 Å². The number of aromatic nitrogens is 4. The second kappa shape index (κ2) is 6.26. The maximum atomic E-state index is 12.5. The Morgan fingerprint density at radius 3 is 2.74 bits per heavy atom. The largest absolute Gasteiger partial charge is 0.282 e. The van der Waals surface area contributed by atoms with E-state index in [9.17, 15) is 8.42 Å². The summed E-state index contributed by atoms with van der Waals surface area (Å²) in [5.74, 6) is 0. The average molecular weight is 358 g/mol. The molecule has 2 aromatic heterocycles. The summed E-state index contributed by atoms with van der Waals surface area (Å²) in [7, 11) is -2.12. The number of fused-ring (bicyclic) bond motifs is 1. The Bertz CT molecular complexity index is 825. The van der Waals surface area contributed by atoms with Gasteiger partial charge >= 0.3 is 0 Å². The van der Waals surface area contributed by atoms with Crippen molar-refractivity contribution in [3.63, 3.8) is 0 Å². The molecule has 0 aliphatic heterocycles. The maximum Gasteiger partial charge on any atom is 0.245 e. The average Bonchev–Trinajstić information content (AvgIpc) is 2.87. The first-order valence-electron chi connectivity index (χ1n) is 7.64. The lowest BCUT2D eigenvalue weighted by molar-refractivity contribution is 0.579. The molecule has 2 aromatic rings. The standard InChI is InChI=1S/C14H20ClN5O2S/c1-9-13(14(15)20(2)19-9)23(21,22)16-8-12-10-6-4-3-5-7-11(10)17-18-12/h16H,3-8H2,1-2H3,(H,17,18). The lowest BCUT2D eigenvalue weighted by Gasteiger charge is -2.07. The Labute approximate surface area is 140 Å². The number of rotatable bonds is 4. The van der Waals surface area contributed by atoms with Gasteiger partial charge in [0.25, 0.3) is 0 Å². The number of aryl methyl sites for hydroxylation is 3. The van der Waals surface area contributed by atoms with E-state index in [-0.39, 0.29) is 16.6 Å². The van der Waals surface area contributed by atoms with E-state index in [1.807, 2.05) is 0 Å². The van der Waals surface area contributed by atoms with Crippen molar-refractivity contribution < 1.29 is 8.42 Å². The summed E-state index contributed by atoms with van der Waals surface area (Å²) in [6.45, 7) is 1.78. The summed E-state index contributed by atoms with van der Waals surface area (Å²) in [6.07, 6.45) is 5.36. The van der Waals surface area contributed by atoms with Crippen LogP contribution in [0.25, 0.3) is 0 Å². The van der Waals surface area contributed by atoms with Gasteiger partial charge in [0.1, 0.15) is 10.0 Å². The zero-order valence-corrected chi connectivity index (χ0v) is 14.8. The molecule has 0 amide bonds. The second-order valence-corrected chi connectivity index (χ2v) is 7.90. The van der Waals surface area contributed by atoms with E-state index >= 15 is 0 Å². The first-order chi connectivity index (χ1) is 10.9. The molecule has 7 nitrogen and oxygen atoms in total. The third-order valence-electron chi connectivity index (χ3n) is 4.19. The lowest BCUT2D eigenvalue weighted by atomic mass is 10.1. The molecule has 2 heterocycles. The predicted molar refractivity (Wildman–Crippen MR) is 86.8 cm³/mol. The molecule has 1 aliphatic carbocycles. The Hall–Kier alpha value is -1.38. The van der Waals surface area contributed by atoms with Gasteiger partial charge in [-0.3, -0.25) is 9.78 Å². The first kappa shape index (κ1) is 16.5. The van der Waals surface area contributed by atoms with E-state index in [1.54, 1.807) is 14.0 Å². The van der Waals surface area contributed by atoms with E-state index in [4.69, 9.17) is 11.6 Å². The van der Waals surface area contributed by atoms with Crippen LogP contribution in [0.15, 0.2) is 4.90 Å². The van der Waals surface area contributed by atoms with Gasteiger partial charge in [-0.1, -0.05) is 18.0 Å². The predicted octanol–water partition coefficient (Wildman–Crippen LogP) is 1.85. The van der Waals surface area contributed by atoms with E-state index in [0.717, 1.165) is 42.6 Å². The minimum absolute atomic E-state index is 0.0308. The van der Waals surface area contributed by atoms with Crippen molar-refractivity contribution in [3.8, 4) is 0 Å². The van der Waals surface area contributed by atoms with E-state index < -0.39 is 10.0 Å². The van der Waals surface area contributed by atoms with Crippen LogP contribution in [0.1, 0.15) is 41.9 Å². The molecular weight excluding hydrogens is 338 g/mol. The van der Waals surface area contributed by atoms with Gasteiger partial charge < -0.3 is 0 Å². The van der Waals surface area contributed by atoms with Gasteiger partial charge in [-0.05, 0) is 38.2 Å². The van der Waals surface area contributed by atoms with Crippen molar-refractivity contribution in [2.45, 2.75) is 50.5 Å². The van der Waals surface area contributed by atoms with Crippen molar-refractivity contribution >= 4 is 21.6 Å². The SMILES string of the molecule is Cc1nn(C)c(Cl)c1S(=O)(=O)NCc1n[nH]c2c1CCCCC2. The van der Waals surface area contributed by atoms with Crippen LogP contribution in [0.3, 0.4) is 0 Å². The molecule has 1 aliphatic rings. The molecule has 0 unspecified atom stereocenters. The molecule has 0 fully saturated rings. The highest BCUT2D eigenvalue weighted by atomic mass is 35.5. The maximum absolute atomic E-state index is 12.5. The van der Waals surface area contributed by atoms with Gasteiger partial charge in [-0.2, -0.15) is 10.2 Å². The molecule has 9 heteroatoms. The monoisotopic (exact) mass is 357 g/mol. The van der Waals surface area contributed by atoms with E-state index in [0.29, 0.717) is 5.69 Å². The van der Waals surface area contributed by atoms with Crippen LogP contribution >= 0.6 is 11.6 Å². The van der Waals surface area contributed by atoms with Crippen LogP contribution in [0.2, 0.25) is 5.15 Å². The molecule has 2 N–H and O–H groups in total. The van der Waals surface area contributed by atoms with Gasteiger partial charge in [0, 0.05) is 12.7 Å². The minimum Gasteiger partial charge on any atom is -0.282 e. The number of H-pyrrole nitrogens is 1. The molecule has 0 spiro atoms. The molecule has 0 atom stereocenters. The van der Waals surface area contributed by atoms with Crippen molar-refractivity contribution in [2.24, 2.45) is 7.05 Å². The smallest absolute Gasteiger partial charge is 0.245 e. The van der Waals surface area contributed by atoms with Crippen molar-refractivity contribution in [3.05, 3.63) is 27.8 Å². The highest BCUT2D eigenvalue weighted by Crippen LogP contribution is 2.25. The quantitative estimate of drug-likeness (QED) is 0.817. The van der Waals surface area contributed by atoms with Crippen LogP contribution in [-0.2, 0) is 36.5 Å². The Kier molecular flexibility index (Phi) is 4.48. The topological polar surface area (TPSA) is 92.7 Å². The van der Waals surface area contributed by atoms with Crippen LogP contribution in [0.4, 0.5) is 0 Å². The molecule has 0 saturated carbocycles. The second-order valence-electron chi connectivity index (χ2n) is 5.84. The molecule has 0 bridgehead atoms. The number of nitrogens with zero attached hydrogens (tertiary/aromatic N) is 3. The summed E-state index contributed by atoms with van der Waals surface area (Å²) < 4.78 is 29.0. The van der Waals surface area contributed by atoms with E-state index in [2.05, 4.69) is 20.0 Å². The number of sulfonamides is 1. The summed E-state index contributed by atoms with van der Waals surface area (Å²) in [5, 5.41) is 11.5. The van der Waals surface area contributed by atoms with Crippen molar-refractivity contribution in [1.82, 2.24) is 24.7 Å². The minimum atomic E-state index is -3.73. The summed E-state index contributed by atoms with van der Waals surface area (Å²) >= 11 is 6.06. The summed E-state index contributed by atoms with van der Waals surface area (Å²) in [5.41, 5.74) is 3.43. The molecule has 3 rings (SSSR count). The molecule has 0 aromatic carbocycles. The Morgan fingerprint density at radius 1 is 1.30 bits per heavy atom.